The first-order valence-electron chi connectivity index (χ1n) is 12.9. The molecule has 1 saturated heterocycles. The molecule has 1 aromatic heterocycles. The van der Waals surface area contributed by atoms with Crippen molar-refractivity contribution in [2.75, 3.05) is 26.5 Å². The number of pyridine rings is 1. The fraction of sp³-hybridized carbons (Fsp3) is 0.333. The van der Waals surface area contributed by atoms with Gasteiger partial charge in [-0.3, -0.25) is 19.4 Å². The molecule has 1 amide bonds. The van der Waals surface area contributed by atoms with Crippen molar-refractivity contribution in [1.29, 1.82) is 0 Å². The quantitative estimate of drug-likeness (QED) is 0.186. The zero-order valence-corrected chi connectivity index (χ0v) is 21.3. The Kier molecular flexibility index (Phi) is 7.40. The van der Waals surface area contributed by atoms with Gasteiger partial charge in [-0.15, -0.1) is 6.58 Å². The summed E-state index contributed by atoms with van der Waals surface area (Å²) < 4.78 is 16.3. The Balaban J connectivity index is 1.39. The van der Waals surface area contributed by atoms with Gasteiger partial charge in [0.15, 0.2) is 17.3 Å². The third-order valence-electron chi connectivity index (χ3n) is 7.34. The van der Waals surface area contributed by atoms with E-state index in [0.29, 0.717) is 59.5 Å². The Hall–Kier alpha value is -4.20. The Bertz CT molecular complexity index is 1370. The number of nitrogens with zero attached hydrogens (tertiary/aromatic N) is 2. The number of hydrogen-bond donors (Lipinski definition) is 0. The number of benzene rings is 2. The van der Waals surface area contributed by atoms with Crippen molar-refractivity contribution in [2.24, 2.45) is 17.8 Å². The average molecular weight is 515 g/mol. The lowest BCUT2D eigenvalue weighted by atomic mass is 9.77. The summed E-state index contributed by atoms with van der Waals surface area (Å²) in [7, 11) is 0. The standard InChI is InChI=1S/C30H30N2O6/c1-3-19-17-32(29(34)20-8-6-5-7-9-20)13-11-21(19)14-24(30(35)36-4-2)28(33)22-10-12-31-25-16-27-26(15-23(22)25)37-18-38-27/h3,5-10,12,15-16,19,21,24H,1,4,11,13-14,17-18H2,2H3. The average Bonchev–Trinajstić information content (AvgIpc) is 3.41. The summed E-state index contributed by atoms with van der Waals surface area (Å²) in [6.07, 6.45) is 4.33. The van der Waals surface area contributed by atoms with Crippen molar-refractivity contribution in [3.05, 3.63) is 78.5 Å². The van der Waals surface area contributed by atoms with Crippen molar-refractivity contribution in [1.82, 2.24) is 9.88 Å². The topological polar surface area (TPSA) is 95.0 Å². The summed E-state index contributed by atoms with van der Waals surface area (Å²) in [5.74, 6) is -0.861. The number of Topliss-reactive ketones (excluding diaryl/α,β-unsaturated/α-hetero) is 1. The van der Waals surface area contributed by atoms with Crippen LogP contribution in [0.2, 0.25) is 0 Å². The predicted octanol–water partition coefficient (Wildman–Crippen LogP) is 4.68. The molecule has 0 aliphatic carbocycles. The molecule has 3 unspecified atom stereocenters. The first-order valence-corrected chi connectivity index (χ1v) is 12.9. The molecule has 8 nitrogen and oxygen atoms in total. The monoisotopic (exact) mass is 514 g/mol. The van der Waals surface area contributed by atoms with Gasteiger partial charge in [0.05, 0.1) is 12.1 Å². The Morgan fingerprint density at radius 1 is 1.16 bits per heavy atom. The molecule has 0 bridgehead atoms. The van der Waals surface area contributed by atoms with E-state index in [1.165, 1.54) is 0 Å². The molecule has 2 aliphatic rings. The highest BCUT2D eigenvalue weighted by Gasteiger charge is 2.38. The summed E-state index contributed by atoms with van der Waals surface area (Å²) >= 11 is 0. The second-order valence-electron chi connectivity index (χ2n) is 9.55. The van der Waals surface area contributed by atoms with Crippen LogP contribution in [0.1, 0.15) is 40.5 Å². The summed E-state index contributed by atoms with van der Waals surface area (Å²) in [6.45, 7) is 7.01. The fourth-order valence-electron chi connectivity index (χ4n) is 5.33. The van der Waals surface area contributed by atoms with Gasteiger partial charge in [0, 0.05) is 41.9 Å². The number of aromatic nitrogens is 1. The number of hydrogen-bond acceptors (Lipinski definition) is 7. The highest BCUT2D eigenvalue weighted by molar-refractivity contribution is 6.15. The van der Waals surface area contributed by atoms with Gasteiger partial charge in [0.2, 0.25) is 6.79 Å². The minimum Gasteiger partial charge on any atom is -0.465 e. The smallest absolute Gasteiger partial charge is 0.316 e. The number of rotatable bonds is 8. The molecule has 38 heavy (non-hydrogen) atoms. The summed E-state index contributed by atoms with van der Waals surface area (Å²) in [6, 6.07) is 14.3. The SMILES string of the molecule is C=CC1CN(C(=O)c2ccccc2)CCC1CC(C(=O)OCC)C(=O)c1ccnc2cc3c(cc12)OCO3. The molecule has 2 aliphatic heterocycles. The number of amides is 1. The van der Waals surface area contributed by atoms with Crippen LogP contribution in [0.3, 0.4) is 0 Å². The van der Waals surface area contributed by atoms with E-state index in [2.05, 4.69) is 11.6 Å². The number of esters is 1. The van der Waals surface area contributed by atoms with Crippen molar-refractivity contribution in [3.63, 3.8) is 0 Å². The van der Waals surface area contributed by atoms with Crippen molar-refractivity contribution in [2.45, 2.75) is 19.8 Å². The molecule has 8 heteroatoms. The lowest BCUT2D eigenvalue weighted by Crippen LogP contribution is -2.44. The normalized spacial score (nSPS) is 19.1. The van der Waals surface area contributed by atoms with Gasteiger partial charge in [0.1, 0.15) is 5.92 Å². The highest BCUT2D eigenvalue weighted by atomic mass is 16.7. The maximum absolute atomic E-state index is 13.9. The van der Waals surface area contributed by atoms with Crippen LogP contribution >= 0.6 is 0 Å². The molecule has 3 atom stereocenters. The zero-order chi connectivity index (χ0) is 26.6. The van der Waals surface area contributed by atoms with E-state index in [1.54, 1.807) is 43.5 Å². The Labute approximate surface area is 221 Å². The second-order valence-corrected chi connectivity index (χ2v) is 9.55. The molecule has 3 heterocycles. The third-order valence-corrected chi connectivity index (χ3v) is 7.34. The van der Waals surface area contributed by atoms with E-state index >= 15 is 0 Å². The van der Waals surface area contributed by atoms with Crippen molar-refractivity contribution >= 4 is 28.6 Å². The maximum Gasteiger partial charge on any atom is 0.316 e. The van der Waals surface area contributed by atoms with E-state index in [9.17, 15) is 14.4 Å². The van der Waals surface area contributed by atoms with Crippen molar-refractivity contribution < 1.29 is 28.6 Å². The summed E-state index contributed by atoms with van der Waals surface area (Å²) in [5, 5.41) is 0.597. The number of ketones is 1. The number of likely N-dealkylation sites (tertiary alicyclic amines) is 1. The van der Waals surface area contributed by atoms with Crippen LogP contribution in [0.5, 0.6) is 11.5 Å². The van der Waals surface area contributed by atoms with Crippen LogP contribution in [0.4, 0.5) is 0 Å². The highest BCUT2D eigenvalue weighted by Crippen LogP contribution is 2.38. The second kappa shape index (κ2) is 11.0. The maximum atomic E-state index is 13.9. The number of piperidine rings is 1. The van der Waals surface area contributed by atoms with Crippen LogP contribution in [0.25, 0.3) is 10.9 Å². The Morgan fingerprint density at radius 3 is 2.66 bits per heavy atom. The van der Waals surface area contributed by atoms with Gasteiger partial charge in [-0.25, -0.2) is 0 Å². The molecule has 3 aromatic rings. The number of ether oxygens (including phenoxy) is 3. The van der Waals surface area contributed by atoms with E-state index in [1.807, 2.05) is 29.2 Å². The van der Waals surface area contributed by atoms with Crippen LogP contribution in [0, 0.1) is 17.8 Å². The van der Waals surface area contributed by atoms with Gasteiger partial charge < -0.3 is 19.1 Å². The van der Waals surface area contributed by atoms with E-state index < -0.39 is 11.9 Å². The molecule has 196 valence electrons. The van der Waals surface area contributed by atoms with Gasteiger partial charge in [0.25, 0.3) is 5.91 Å². The predicted molar refractivity (Wildman–Crippen MR) is 141 cm³/mol. The van der Waals surface area contributed by atoms with Crippen LogP contribution in [-0.2, 0) is 9.53 Å². The minimum absolute atomic E-state index is 0.0141. The number of carbonyl (C=O) groups excluding carboxylic acids is 3. The molecule has 5 rings (SSSR count). The van der Waals surface area contributed by atoms with Gasteiger partial charge in [-0.2, -0.15) is 0 Å². The molecule has 0 N–H and O–H groups in total. The Morgan fingerprint density at radius 2 is 1.92 bits per heavy atom. The summed E-state index contributed by atoms with van der Waals surface area (Å²) in [4.78, 5) is 46.2. The van der Waals surface area contributed by atoms with Crippen LogP contribution in [-0.4, -0.2) is 54.0 Å². The van der Waals surface area contributed by atoms with E-state index in [-0.39, 0.29) is 36.9 Å². The van der Waals surface area contributed by atoms with E-state index in [0.717, 1.165) is 0 Å². The fourth-order valence-corrected chi connectivity index (χ4v) is 5.33. The minimum atomic E-state index is -0.991. The first kappa shape index (κ1) is 25.4. The first-order chi connectivity index (χ1) is 18.5. The van der Waals surface area contributed by atoms with Gasteiger partial charge in [-0.1, -0.05) is 24.3 Å². The number of carbonyl (C=O) groups is 3. The molecule has 0 spiro atoms. The molecule has 0 radical (unpaired) electrons. The van der Waals surface area contributed by atoms with Crippen LogP contribution in [0.15, 0.2) is 67.4 Å². The molecule has 0 saturated carbocycles. The lowest BCUT2D eigenvalue weighted by Gasteiger charge is -2.38. The lowest BCUT2D eigenvalue weighted by molar-refractivity contribution is -0.147. The molecule has 1 fully saturated rings. The van der Waals surface area contributed by atoms with Crippen molar-refractivity contribution in [3.8, 4) is 11.5 Å². The molecular weight excluding hydrogens is 484 g/mol. The number of fused-ring (bicyclic) bond motifs is 2. The van der Waals surface area contributed by atoms with E-state index in [4.69, 9.17) is 14.2 Å². The van der Waals surface area contributed by atoms with Crippen LogP contribution < -0.4 is 9.47 Å². The third kappa shape index (κ3) is 4.98. The van der Waals surface area contributed by atoms with Gasteiger partial charge >= 0.3 is 5.97 Å². The largest absolute Gasteiger partial charge is 0.465 e. The molecular formula is C30H30N2O6. The molecule has 2 aromatic carbocycles. The zero-order valence-electron chi connectivity index (χ0n) is 21.3. The van der Waals surface area contributed by atoms with Gasteiger partial charge in [-0.05, 0) is 55.9 Å². The summed E-state index contributed by atoms with van der Waals surface area (Å²) in [5.41, 5.74) is 1.61.